The van der Waals surface area contributed by atoms with Crippen molar-refractivity contribution in [3.63, 3.8) is 0 Å². The topological polar surface area (TPSA) is 0 Å². The molecule has 0 aliphatic heterocycles. The average Bonchev–Trinajstić information content (AvgIpc) is 2.39. The van der Waals surface area contributed by atoms with Gasteiger partial charge in [-0.15, -0.1) is 0 Å². The lowest BCUT2D eigenvalue weighted by atomic mass is 10.2. The molecule has 100 valence electrons. The Balaban J connectivity index is 2.37. The van der Waals surface area contributed by atoms with E-state index in [-0.39, 0.29) is 0 Å². The van der Waals surface area contributed by atoms with Gasteiger partial charge in [0.2, 0.25) is 0 Å². The molecule has 0 heterocycles. The molecule has 19 heavy (non-hydrogen) atoms. The van der Waals surface area contributed by atoms with E-state index in [4.69, 9.17) is 0 Å². The molecule has 2 rings (SSSR count). The SMILES string of the molecule is C[Si](C)(c1ccccc1)c1ccc(C(F)(F)F)cc1. The van der Waals surface area contributed by atoms with Gasteiger partial charge >= 0.3 is 6.18 Å². The van der Waals surface area contributed by atoms with Crippen molar-refractivity contribution in [1.82, 2.24) is 0 Å². The number of hydrogen-bond acceptors (Lipinski definition) is 0. The molecule has 0 fully saturated rings. The molecule has 0 saturated heterocycles. The van der Waals surface area contributed by atoms with Crippen LogP contribution in [0.25, 0.3) is 0 Å². The van der Waals surface area contributed by atoms with Crippen LogP contribution in [0, 0.1) is 0 Å². The Bertz CT molecular complexity index is 542. The van der Waals surface area contributed by atoms with Crippen LogP contribution in [0.1, 0.15) is 5.56 Å². The molecule has 0 aliphatic rings. The van der Waals surface area contributed by atoms with Gasteiger partial charge in [-0.25, -0.2) is 0 Å². The van der Waals surface area contributed by atoms with E-state index in [1.807, 2.05) is 30.3 Å². The third kappa shape index (κ3) is 2.89. The zero-order valence-corrected chi connectivity index (χ0v) is 11.8. The summed E-state index contributed by atoms with van der Waals surface area (Å²) in [4.78, 5) is 0. The van der Waals surface area contributed by atoms with Crippen molar-refractivity contribution in [1.29, 1.82) is 0 Å². The molecule has 0 saturated carbocycles. The van der Waals surface area contributed by atoms with Crippen LogP contribution in [-0.2, 0) is 6.18 Å². The smallest absolute Gasteiger partial charge is 0.166 e. The van der Waals surface area contributed by atoms with Crippen molar-refractivity contribution >= 4 is 18.4 Å². The van der Waals surface area contributed by atoms with Gasteiger partial charge < -0.3 is 0 Å². The molecule has 0 nitrogen and oxygen atoms in total. The minimum absolute atomic E-state index is 0.589. The standard InChI is InChI=1S/C15H15F3Si/c1-19(2,13-6-4-3-5-7-13)14-10-8-12(9-11-14)15(16,17)18/h3-11H,1-2H3. The minimum atomic E-state index is -4.27. The van der Waals surface area contributed by atoms with Crippen molar-refractivity contribution < 1.29 is 13.2 Å². The number of rotatable bonds is 2. The molecular formula is C15H15F3Si. The van der Waals surface area contributed by atoms with Crippen LogP contribution in [0.4, 0.5) is 13.2 Å². The van der Waals surface area contributed by atoms with E-state index in [9.17, 15) is 13.2 Å². The van der Waals surface area contributed by atoms with Crippen molar-refractivity contribution in [2.75, 3.05) is 0 Å². The lowest BCUT2D eigenvalue weighted by molar-refractivity contribution is -0.137. The van der Waals surface area contributed by atoms with Crippen molar-refractivity contribution in [2.24, 2.45) is 0 Å². The van der Waals surface area contributed by atoms with E-state index in [2.05, 4.69) is 13.1 Å². The van der Waals surface area contributed by atoms with Gasteiger partial charge in [-0.1, -0.05) is 78.1 Å². The maximum Gasteiger partial charge on any atom is 0.416 e. The molecule has 2 aromatic rings. The third-order valence-electron chi connectivity index (χ3n) is 3.43. The number of hydrogen-bond donors (Lipinski definition) is 0. The molecule has 0 unspecified atom stereocenters. The van der Waals surface area contributed by atoms with E-state index in [1.54, 1.807) is 12.1 Å². The molecule has 4 heteroatoms. The quantitative estimate of drug-likeness (QED) is 0.738. The molecule has 0 atom stereocenters. The monoisotopic (exact) mass is 280 g/mol. The summed E-state index contributed by atoms with van der Waals surface area (Å²) in [5.41, 5.74) is -0.589. The summed E-state index contributed by atoms with van der Waals surface area (Å²) >= 11 is 0. The van der Waals surface area contributed by atoms with E-state index in [0.717, 1.165) is 5.19 Å². The summed E-state index contributed by atoms with van der Waals surface area (Å²) in [7, 11) is -1.90. The highest BCUT2D eigenvalue weighted by atomic mass is 28.3. The van der Waals surface area contributed by atoms with Crippen LogP contribution in [0.3, 0.4) is 0 Å². The molecule has 0 aromatic heterocycles. The largest absolute Gasteiger partial charge is 0.416 e. The maximum absolute atomic E-state index is 12.6. The lowest BCUT2D eigenvalue weighted by Crippen LogP contribution is -2.52. The molecule has 2 aromatic carbocycles. The van der Waals surface area contributed by atoms with Gasteiger partial charge in [0.05, 0.1) is 5.56 Å². The van der Waals surface area contributed by atoms with E-state index >= 15 is 0 Å². The first-order valence-corrected chi connectivity index (χ1v) is 9.05. The molecule has 0 spiro atoms. The number of benzene rings is 2. The van der Waals surface area contributed by atoms with Gasteiger partial charge in [-0.05, 0) is 0 Å². The summed E-state index contributed by atoms with van der Waals surface area (Å²) in [5, 5.41) is 2.22. The number of halogens is 3. The minimum Gasteiger partial charge on any atom is -0.166 e. The van der Waals surface area contributed by atoms with Gasteiger partial charge in [0, 0.05) is 0 Å². The fraction of sp³-hybridized carbons (Fsp3) is 0.200. The molecule has 0 radical (unpaired) electrons. The molecule has 0 amide bonds. The van der Waals surface area contributed by atoms with Crippen LogP contribution >= 0.6 is 0 Å². The van der Waals surface area contributed by atoms with Crippen LogP contribution in [0.15, 0.2) is 54.6 Å². The van der Waals surface area contributed by atoms with Crippen molar-refractivity contribution in [2.45, 2.75) is 19.3 Å². The van der Waals surface area contributed by atoms with Gasteiger partial charge in [0.25, 0.3) is 0 Å². The Morgan fingerprint density at radius 3 is 1.68 bits per heavy atom. The summed E-state index contributed by atoms with van der Waals surface area (Å²) in [6.45, 7) is 4.29. The first-order chi connectivity index (χ1) is 8.82. The Morgan fingerprint density at radius 1 is 0.737 bits per heavy atom. The van der Waals surface area contributed by atoms with Gasteiger partial charge in [-0.3, -0.25) is 0 Å². The van der Waals surface area contributed by atoms with Crippen LogP contribution < -0.4 is 10.4 Å². The summed E-state index contributed by atoms with van der Waals surface area (Å²) in [6, 6.07) is 15.5. The maximum atomic E-state index is 12.6. The first kappa shape index (κ1) is 13.9. The Morgan fingerprint density at radius 2 is 1.21 bits per heavy atom. The Labute approximate surface area is 111 Å². The Hall–Kier alpha value is -1.55. The highest BCUT2D eigenvalue weighted by Gasteiger charge is 2.31. The molecule has 0 bridgehead atoms. The second-order valence-corrected chi connectivity index (χ2v) is 9.47. The second kappa shape index (κ2) is 4.85. The van der Waals surface area contributed by atoms with E-state index < -0.39 is 19.8 Å². The normalized spacial score (nSPS) is 12.5. The number of alkyl halides is 3. The molecular weight excluding hydrogens is 265 g/mol. The molecule has 0 N–H and O–H groups in total. The average molecular weight is 280 g/mol. The van der Waals surface area contributed by atoms with Crippen LogP contribution in [0.2, 0.25) is 13.1 Å². The fourth-order valence-electron chi connectivity index (χ4n) is 2.10. The van der Waals surface area contributed by atoms with Gasteiger partial charge in [-0.2, -0.15) is 13.2 Å². The van der Waals surface area contributed by atoms with E-state index in [0.29, 0.717) is 0 Å². The second-order valence-electron chi connectivity index (χ2n) is 5.07. The van der Waals surface area contributed by atoms with Crippen LogP contribution in [-0.4, -0.2) is 8.07 Å². The zero-order chi connectivity index (χ0) is 14.1. The fourth-order valence-corrected chi connectivity index (χ4v) is 4.46. The van der Waals surface area contributed by atoms with Gasteiger partial charge in [0.15, 0.2) is 0 Å². The van der Waals surface area contributed by atoms with E-state index in [1.165, 1.54) is 17.3 Å². The third-order valence-corrected chi connectivity index (χ3v) is 6.98. The highest BCUT2D eigenvalue weighted by Crippen LogP contribution is 2.28. The first-order valence-electron chi connectivity index (χ1n) is 6.05. The lowest BCUT2D eigenvalue weighted by Gasteiger charge is -2.24. The van der Waals surface area contributed by atoms with Crippen molar-refractivity contribution in [3.8, 4) is 0 Å². The predicted molar refractivity (Wildman–Crippen MR) is 74.6 cm³/mol. The highest BCUT2D eigenvalue weighted by molar-refractivity contribution is 7.00. The van der Waals surface area contributed by atoms with Crippen LogP contribution in [0.5, 0.6) is 0 Å². The summed E-state index contributed by atoms with van der Waals surface area (Å²) < 4.78 is 37.7. The predicted octanol–water partition coefficient (Wildman–Crippen LogP) is 3.53. The summed E-state index contributed by atoms with van der Waals surface area (Å²) in [5.74, 6) is 0. The Kier molecular flexibility index (Phi) is 3.54. The molecule has 0 aliphatic carbocycles. The van der Waals surface area contributed by atoms with Crippen molar-refractivity contribution in [3.05, 3.63) is 60.2 Å². The summed E-state index contributed by atoms with van der Waals surface area (Å²) in [6.07, 6.45) is -4.27. The van der Waals surface area contributed by atoms with Gasteiger partial charge in [0.1, 0.15) is 8.07 Å². The zero-order valence-electron chi connectivity index (χ0n) is 10.8.